The molecule has 1 fully saturated rings. The van der Waals surface area contributed by atoms with Crippen LogP contribution in [0.25, 0.3) is 6.08 Å². The summed E-state index contributed by atoms with van der Waals surface area (Å²) in [5.74, 6) is -1.14. The van der Waals surface area contributed by atoms with Gasteiger partial charge >= 0.3 is 5.97 Å². The summed E-state index contributed by atoms with van der Waals surface area (Å²) in [5.41, 5.74) is 1.40. The van der Waals surface area contributed by atoms with E-state index < -0.39 is 17.1 Å². The topological polar surface area (TPSA) is 76.6 Å². The van der Waals surface area contributed by atoms with Crippen molar-refractivity contribution in [2.45, 2.75) is 6.92 Å². The van der Waals surface area contributed by atoms with Crippen molar-refractivity contribution < 1.29 is 19.1 Å². The highest BCUT2D eigenvalue weighted by Crippen LogP contribution is 2.31. The Morgan fingerprint density at radius 2 is 2.20 bits per heavy atom. The summed E-state index contributed by atoms with van der Waals surface area (Å²) in [6.07, 6.45) is 1.54. The quantitative estimate of drug-likeness (QED) is 0.622. The van der Waals surface area contributed by atoms with Crippen LogP contribution in [-0.2, 0) is 14.3 Å². The van der Waals surface area contributed by atoms with Gasteiger partial charge in [-0.2, -0.15) is 0 Å². The van der Waals surface area contributed by atoms with E-state index in [-0.39, 0.29) is 11.4 Å². The number of thioether (sulfide) groups is 1. The summed E-state index contributed by atoms with van der Waals surface area (Å²) >= 11 is 0.786. The van der Waals surface area contributed by atoms with Crippen molar-refractivity contribution in [1.82, 2.24) is 9.88 Å². The summed E-state index contributed by atoms with van der Waals surface area (Å²) < 4.78 is 4.45. The normalized spacial score (nSPS) is 16.9. The smallest absolute Gasteiger partial charge is 0.325 e. The third-order valence-corrected chi connectivity index (χ3v) is 3.48. The van der Waals surface area contributed by atoms with E-state index in [4.69, 9.17) is 0 Å². The second kappa shape index (κ2) is 5.87. The predicted octanol–water partition coefficient (Wildman–Crippen LogP) is 1.60. The third kappa shape index (κ3) is 3.05. The molecule has 2 heterocycles. The predicted molar refractivity (Wildman–Crippen MR) is 73.7 cm³/mol. The Morgan fingerprint density at radius 3 is 2.85 bits per heavy atom. The van der Waals surface area contributed by atoms with Gasteiger partial charge < -0.3 is 4.74 Å². The van der Waals surface area contributed by atoms with E-state index in [2.05, 4.69) is 9.72 Å². The minimum absolute atomic E-state index is 0.247. The fraction of sp³-hybridized carbons (Fsp3) is 0.231. The lowest BCUT2D eigenvalue weighted by Crippen LogP contribution is -2.34. The molecule has 0 unspecified atom stereocenters. The number of amides is 2. The van der Waals surface area contributed by atoms with Crippen LogP contribution in [0.3, 0.4) is 0 Å². The fourth-order valence-electron chi connectivity index (χ4n) is 1.61. The number of methoxy groups -OCH3 is 1. The summed E-state index contributed by atoms with van der Waals surface area (Å²) in [4.78, 5) is 40.2. The van der Waals surface area contributed by atoms with Gasteiger partial charge in [-0.1, -0.05) is 6.07 Å². The highest BCUT2D eigenvalue weighted by atomic mass is 32.2. The Hall–Kier alpha value is -2.15. The first-order chi connectivity index (χ1) is 9.51. The Labute approximate surface area is 119 Å². The average Bonchev–Trinajstić information content (AvgIpc) is 2.66. The number of hydrogen-bond donors (Lipinski definition) is 0. The molecule has 1 aliphatic heterocycles. The molecule has 2 rings (SSSR count). The van der Waals surface area contributed by atoms with Crippen molar-refractivity contribution in [3.8, 4) is 0 Å². The standard InChI is InChI=1S/C13H12N2O4S/c1-8-4-3-5-9(14-8)6-10-12(17)15(13(18)20-10)7-11(16)19-2/h3-6H,7H2,1-2H3. The molecule has 0 aliphatic carbocycles. The van der Waals surface area contributed by atoms with Gasteiger partial charge in [0, 0.05) is 5.69 Å². The van der Waals surface area contributed by atoms with Crippen molar-refractivity contribution in [2.24, 2.45) is 0 Å². The summed E-state index contributed by atoms with van der Waals surface area (Å²) in [6.45, 7) is 1.46. The molecule has 0 spiro atoms. The fourth-order valence-corrected chi connectivity index (χ4v) is 2.43. The van der Waals surface area contributed by atoms with E-state index in [1.54, 1.807) is 6.07 Å². The van der Waals surface area contributed by atoms with Gasteiger partial charge in [0.1, 0.15) is 6.54 Å². The molecule has 1 aromatic rings. The Kier molecular flexibility index (Phi) is 4.19. The minimum atomic E-state index is -0.637. The van der Waals surface area contributed by atoms with Gasteiger partial charge in [0.05, 0.1) is 17.7 Å². The Morgan fingerprint density at radius 1 is 1.45 bits per heavy atom. The molecule has 0 radical (unpaired) electrons. The maximum atomic E-state index is 12.0. The van der Waals surface area contributed by atoms with Crippen molar-refractivity contribution in [3.63, 3.8) is 0 Å². The number of hydrogen-bond acceptors (Lipinski definition) is 6. The third-order valence-electron chi connectivity index (χ3n) is 2.58. The van der Waals surface area contributed by atoms with Gasteiger partial charge in [0.15, 0.2) is 0 Å². The van der Waals surface area contributed by atoms with Crippen molar-refractivity contribution in [1.29, 1.82) is 0 Å². The van der Waals surface area contributed by atoms with Crippen LogP contribution < -0.4 is 0 Å². The number of nitrogens with zero attached hydrogens (tertiary/aromatic N) is 2. The lowest BCUT2D eigenvalue weighted by molar-refractivity contribution is -0.143. The van der Waals surface area contributed by atoms with Gasteiger partial charge in [-0.3, -0.25) is 24.3 Å². The number of pyridine rings is 1. The highest BCUT2D eigenvalue weighted by molar-refractivity contribution is 8.18. The number of rotatable bonds is 3. The molecule has 20 heavy (non-hydrogen) atoms. The number of ether oxygens (including phenoxy) is 1. The molecule has 6 nitrogen and oxygen atoms in total. The lowest BCUT2D eigenvalue weighted by Gasteiger charge is -2.09. The van der Waals surface area contributed by atoms with E-state index in [0.717, 1.165) is 22.4 Å². The number of aromatic nitrogens is 1. The number of esters is 1. The zero-order valence-corrected chi connectivity index (χ0v) is 11.8. The number of carbonyl (C=O) groups excluding carboxylic acids is 3. The van der Waals surface area contributed by atoms with Crippen LogP contribution in [0.2, 0.25) is 0 Å². The van der Waals surface area contributed by atoms with E-state index in [1.165, 1.54) is 13.2 Å². The monoisotopic (exact) mass is 292 g/mol. The van der Waals surface area contributed by atoms with E-state index in [1.807, 2.05) is 19.1 Å². The highest BCUT2D eigenvalue weighted by Gasteiger charge is 2.36. The number of carbonyl (C=O) groups is 3. The van der Waals surface area contributed by atoms with Crippen LogP contribution in [0.5, 0.6) is 0 Å². The molecule has 0 N–H and O–H groups in total. The molecule has 0 atom stereocenters. The molecule has 0 bridgehead atoms. The van der Waals surface area contributed by atoms with Crippen LogP contribution in [0, 0.1) is 6.92 Å². The van der Waals surface area contributed by atoms with Gasteiger partial charge in [0.2, 0.25) is 0 Å². The van der Waals surface area contributed by atoms with Crippen LogP contribution in [0.15, 0.2) is 23.1 Å². The zero-order valence-electron chi connectivity index (χ0n) is 11.0. The first-order valence-electron chi connectivity index (χ1n) is 5.77. The lowest BCUT2D eigenvalue weighted by atomic mass is 10.3. The number of aryl methyl sites for hydroxylation is 1. The Bertz CT molecular complexity index is 612. The largest absolute Gasteiger partial charge is 0.468 e. The van der Waals surface area contributed by atoms with E-state index in [9.17, 15) is 14.4 Å². The minimum Gasteiger partial charge on any atom is -0.468 e. The van der Waals surface area contributed by atoms with E-state index >= 15 is 0 Å². The van der Waals surface area contributed by atoms with Crippen molar-refractivity contribution in [2.75, 3.05) is 13.7 Å². The molecule has 1 aromatic heterocycles. The molecule has 0 saturated carbocycles. The zero-order chi connectivity index (χ0) is 14.7. The van der Waals surface area contributed by atoms with Crippen molar-refractivity contribution in [3.05, 3.63) is 34.5 Å². The van der Waals surface area contributed by atoms with Gasteiger partial charge in [-0.15, -0.1) is 0 Å². The molecule has 2 amide bonds. The van der Waals surface area contributed by atoms with Crippen LogP contribution in [-0.4, -0.2) is 40.7 Å². The molecule has 0 aromatic carbocycles. The SMILES string of the molecule is COC(=O)CN1C(=O)SC(=Cc2cccc(C)n2)C1=O. The number of imide groups is 1. The maximum Gasteiger partial charge on any atom is 0.325 e. The first kappa shape index (κ1) is 14.3. The van der Waals surface area contributed by atoms with Gasteiger partial charge in [-0.25, -0.2) is 0 Å². The molecular weight excluding hydrogens is 280 g/mol. The summed E-state index contributed by atoms with van der Waals surface area (Å²) in [7, 11) is 1.20. The molecule has 1 aliphatic rings. The first-order valence-corrected chi connectivity index (χ1v) is 6.59. The molecule has 104 valence electrons. The average molecular weight is 292 g/mol. The Balaban J connectivity index is 2.21. The molecule has 7 heteroatoms. The van der Waals surface area contributed by atoms with Crippen LogP contribution in [0.4, 0.5) is 4.79 Å². The maximum absolute atomic E-state index is 12.0. The van der Waals surface area contributed by atoms with E-state index in [0.29, 0.717) is 5.69 Å². The summed E-state index contributed by atoms with van der Waals surface area (Å²) in [5, 5.41) is -0.487. The van der Waals surface area contributed by atoms with Crippen molar-refractivity contribution >= 4 is 35.0 Å². The molecule has 1 saturated heterocycles. The second-order valence-electron chi connectivity index (χ2n) is 4.05. The second-order valence-corrected chi connectivity index (χ2v) is 5.04. The van der Waals surface area contributed by atoms with Crippen LogP contribution in [0.1, 0.15) is 11.4 Å². The van der Waals surface area contributed by atoms with Gasteiger partial charge in [-0.05, 0) is 36.9 Å². The van der Waals surface area contributed by atoms with Gasteiger partial charge in [0.25, 0.3) is 11.1 Å². The summed E-state index contributed by atoms with van der Waals surface area (Å²) in [6, 6.07) is 5.38. The van der Waals surface area contributed by atoms with Crippen LogP contribution >= 0.6 is 11.8 Å². The molecular formula is C13H12N2O4S.